The predicted octanol–water partition coefficient (Wildman–Crippen LogP) is 3.62. The van der Waals surface area contributed by atoms with E-state index in [1.54, 1.807) is 30.0 Å². The number of ether oxygens (including phenoxy) is 1. The zero-order valence-electron chi connectivity index (χ0n) is 13.5. The van der Waals surface area contributed by atoms with E-state index in [0.29, 0.717) is 17.1 Å². The molecule has 0 unspecified atom stereocenters. The first-order chi connectivity index (χ1) is 12.0. The quantitative estimate of drug-likeness (QED) is 0.903. The van der Waals surface area contributed by atoms with Gasteiger partial charge in [-0.05, 0) is 37.3 Å². The molecule has 5 nitrogen and oxygen atoms in total. The maximum atomic E-state index is 13.1. The van der Waals surface area contributed by atoms with Crippen LogP contribution >= 0.6 is 11.6 Å². The molecule has 25 heavy (non-hydrogen) atoms. The SMILES string of the molecule is C[C@@H]1Oc2ccccc2N(CCC(=O)Nc2ccc(F)c(Cl)c2)C1=O. The summed E-state index contributed by atoms with van der Waals surface area (Å²) in [6, 6.07) is 11.1. The molecule has 3 rings (SSSR count). The lowest BCUT2D eigenvalue weighted by molar-refractivity contribution is -0.125. The summed E-state index contributed by atoms with van der Waals surface area (Å²) in [7, 11) is 0. The lowest BCUT2D eigenvalue weighted by atomic mass is 10.1. The van der Waals surface area contributed by atoms with Gasteiger partial charge in [0.25, 0.3) is 5.91 Å². The van der Waals surface area contributed by atoms with Gasteiger partial charge in [0.2, 0.25) is 5.91 Å². The molecular formula is C18H16ClFN2O3. The minimum absolute atomic E-state index is 0.0658. The number of hydrogen-bond donors (Lipinski definition) is 1. The molecular weight excluding hydrogens is 347 g/mol. The van der Waals surface area contributed by atoms with E-state index in [4.69, 9.17) is 16.3 Å². The van der Waals surface area contributed by atoms with E-state index in [0.717, 1.165) is 0 Å². The van der Waals surface area contributed by atoms with E-state index in [-0.39, 0.29) is 29.8 Å². The number of hydrogen-bond acceptors (Lipinski definition) is 3. The van der Waals surface area contributed by atoms with Crippen molar-refractivity contribution >= 4 is 34.8 Å². The van der Waals surface area contributed by atoms with Crippen molar-refractivity contribution in [2.75, 3.05) is 16.8 Å². The van der Waals surface area contributed by atoms with Gasteiger partial charge in [0.15, 0.2) is 6.10 Å². The molecule has 0 aromatic heterocycles. The maximum Gasteiger partial charge on any atom is 0.267 e. The van der Waals surface area contributed by atoms with Crippen LogP contribution in [0, 0.1) is 5.82 Å². The number of nitrogens with one attached hydrogen (secondary N) is 1. The second-order valence-electron chi connectivity index (χ2n) is 5.64. The van der Waals surface area contributed by atoms with E-state index >= 15 is 0 Å². The first-order valence-corrected chi connectivity index (χ1v) is 8.15. The summed E-state index contributed by atoms with van der Waals surface area (Å²) < 4.78 is 18.7. The van der Waals surface area contributed by atoms with Crippen molar-refractivity contribution in [3.05, 3.63) is 53.3 Å². The van der Waals surface area contributed by atoms with Gasteiger partial charge in [0.1, 0.15) is 11.6 Å². The summed E-state index contributed by atoms with van der Waals surface area (Å²) in [5.74, 6) is -0.437. The molecule has 0 fully saturated rings. The molecule has 130 valence electrons. The van der Waals surface area contributed by atoms with Crippen LogP contribution in [0.2, 0.25) is 5.02 Å². The predicted molar refractivity (Wildman–Crippen MR) is 93.5 cm³/mol. The number of nitrogens with zero attached hydrogens (tertiary/aromatic N) is 1. The van der Waals surface area contributed by atoms with Crippen LogP contribution < -0.4 is 15.0 Å². The number of carbonyl (C=O) groups is 2. The Morgan fingerprint density at radius 2 is 2.08 bits per heavy atom. The highest BCUT2D eigenvalue weighted by molar-refractivity contribution is 6.31. The molecule has 0 saturated heterocycles. The van der Waals surface area contributed by atoms with Crippen LogP contribution in [-0.2, 0) is 9.59 Å². The molecule has 0 bridgehead atoms. The molecule has 2 amide bonds. The zero-order chi connectivity index (χ0) is 18.0. The lowest BCUT2D eigenvalue weighted by Crippen LogP contribution is -2.45. The average molecular weight is 363 g/mol. The number of rotatable bonds is 4. The third-order valence-corrected chi connectivity index (χ3v) is 4.13. The summed E-state index contributed by atoms with van der Waals surface area (Å²) >= 11 is 5.69. The summed E-state index contributed by atoms with van der Waals surface area (Å²) in [6.45, 7) is 1.89. The van der Waals surface area contributed by atoms with Crippen molar-refractivity contribution < 1.29 is 18.7 Å². The Balaban J connectivity index is 1.67. The first kappa shape index (κ1) is 17.2. The molecule has 1 aliphatic rings. The largest absolute Gasteiger partial charge is 0.479 e. The van der Waals surface area contributed by atoms with Crippen LogP contribution in [-0.4, -0.2) is 24.5 Å². The van der Waals surface area contributed by atoms with Gasteiger partial charge in [0.05, 0.1) is 10.7 Å². The standard InChI is InChI=1S/C18H16ClFN2O3/c1-11-18(24)22(15-4-2-3-5-16(15)25-11)9-8-17(23)21-12-6-7-14(20)13(19)10-12/h2-7,10-11H,8-9H2,1H3,(H,21,23)/t11-/m0/s1. The van der Waals surface area contributed by atoms with E-state index in [1.165, 1.54) is 18.2 Å². The van der Waals surface area contributed by atoms with Crippen LogP contribution in [0.15, 0.2) is 42.5 Å². The monoisotopic (exact) mass is 362 g/mol. The minimum Gasteiger partial charge on any atom is -0.479 e. The molecule has 2 aromatic carbocycles. The number of fused-ring (bicyclic) bond motifs is 1. The summed E-state index contributed by atoms with van der Waals surface area (Å²) in [5, 5.41) is 2.57. The normalized spacial score (nSPS) is 16.2. The van der Waals surface area contributed by atoms with Gasteiger partial charge in [-0.15, -0.1) is 0 Å². The Morgan fingerprint density at radius 3 is 2.84 bits per heavy atom. The second-order valence-corrected chi connectivity index (χ2v) is 6.05. The third kappa shape index (κ3) is 3.74. The minimum atomic E-state index is -0.603. The molecule has 1 aliphatic heterocycles. The van der Waals surface area contributed by atoms with Crippen LogP contribution in [0.4, 0.5) is 15.8 Å². The fourth-order valence-corrected chi connectivity index (χ4v) is 2.78. The van der Waals surface area contributed by atoms with Gasteiger partial charge in [-0.3, -0.25) is 9.59 Å². The van der Waals surface area contributed by atoms with Gasteiger partial charge in [-0.1, -0.05) is 23.7 Å². The van der Waals surface area contributed by atoms with E-state index in [1.807, 2.05) is 6.07 Å². The maximum absolute atomic E-state index is 13.1. The second kappa shape index (κ2) is 7.11. The van der Waals surface area contributed by atoms with Crippen LogP contribution in [0.25, 0.3) is 0 Å². The zero-order valence-corrected chi connectivity index (χ0v) is 14.2. The van der Waals surface area contributed by atoms with E-state index in [2.05, 4.69) is 5.32 Å². The van der Waals surface area contributed by atoms with Crippen molar-refractivity contribution in [1.82, 2.24) is 0 Å². The van der Waals surface area contributed by atoms with Crippen molar-refractivity contribution in [1.29, 1.82) is 0 Å². The third-order valence-electron chi connectivity index (χ3n) is 3.84. The molecule has 0 spiro atoms. The Labute approximate surface area is 149 Å². The topological polar surface area (TPSA) is 58.6 Å². The lowest BCUT2D eigenvalue weighted by Gasteiger charge is -2.32. The number of anilines is 2. The summed E-state index contributed by atoms with van der Waals surface area (Å²) in [6.07, 6.45) is -0.518. The molecule has 0 radical (unpaired) electrons. The van der Waals surface area contributed by atoms with Crippen LogP contribution in [0.1, 0.15) is 13.3 Å². The van der Waals surface area contributed by atoms with Crippen LogP contribution in [0.5, 0.6) is 5.75 Å². The number of para-hydroxylation sites is 2. The van der Waals surface area contributed by atoms with Gasteiger partial charge in [0, 0.05) is 18.7 Å². The highest BCUT2D eigenvalue weighted by Gasteiger charge is 2.31. The molecule has 0 saturated carbocycles. The van der Waals surface area contributed by atoms with Crippen LogP contribution in [0.3, 0.4) is 0 Å². The molecule has 2 aromatic rings. The van der Waals surface area contributed by atoms with Crippen molar-refractivity contribution in [3.8, 4) is 5.75 Å². The number of benzene rings is 2. The fraction of sp³-hybridized carbons (Fsp3) is 0.222. The molecule has 1 atom stereocenters. The first-order valence-electron chi connectivity index (χ1n) is 7.77. The van der Waals surface area contributed by atoms with Crippen molar-refractivity contribution in [2.24, 2.45) is 0 Å². The Morgan fingerprint density at radius 1 is 1.32 bits per heavy atom. The van der Waals surface area contributed by atoms with Crippen molar-refractivity contribution in [2.45, 2.75) is 19.4 Å². The molecule has 7 heteroatoms. The smallest absolute Gasteiger partial charge is 0.267 e. The van der Waals surface area contributed by atoms with Gasteiger partial charge in [-0.2, -0.15) is 0 Å². The average Bonchev–Trinajstić information content (AvgIpc) is 2.58. The summed E-state index contributed by atoms with van der Waals surface area (Å²) in [4.78, 5) is 26.0. The van der Waals surface area contributed by atoms with Crippen molar-refractivity contribution in [3.63, 3.8) is 0 Å². The highest BCUT2D eigenvalue weighted by Crippen LogP contribution is 2.33. The molecule has 0 aliphatic carbocycles. The number of amides is 2. The number of carbonyl (C=O) groups excluding carboxylic acids is 2. The molecule has 1 N–H and O–H groups in total. The Bertz CT molecular complexity index is 828. The Hall–Kier alpha value is -2.60. The summed E-state index contributed by atoms with van der Waals surface area (Å²) in [5.41, 5.74) is 1.04. The van der Waals surface area contributed by atoms with Gasteiger partial charge in [-0.25, -0.2) is 4.39 Å². The van der Waals surface area contributed by atoms with E-state index in [9.17, 15) is 14.0 Å². The fourth-order valence-electron chi connectivity index (χ4n) is 2.60. The highest BCUT2D eigenvalue weighted by atomic mass is 35.5. The van der Waals surface area contributed by atoms with Gasteiger partial charge < -0.3 is 15.0 Å². The number of halogens is 2. The molecule has 1 heterocycles. The Kier molecular flexibility index (Phi) is 4.90. The van der Waals surface area contributed by atoms with Gasteiger partial charge >= 0.3 is 0 Å². The van der Waals surface area contributed by atoms with E-state index < -0.39 is 11.9 Å².